The lowest BCUT2D eigenvalue weighted by Crippen LogP contribution is -2.52. The summed E-state index contributed by atoms with van der Waals surface area (Å²) in [4.78, 5) is 13.2. The van der Waals surface area contributed by atoms with Gasteiger partial charge in [-0.25, -0.2) is 14.4 Å². The first-order valence-electron chi connectivity index (χ1n) is 11.1. The third-order valence-electron chi connectivity index (χ3n) is 6.26. The molecule has 0 bridgehead atoms. The van der Waals surface area contributed by atoms with E-state index >= 15 is 4.39 Å². The lowest BCUT2D eigenvalue weighted by molar-refractivity contribution is 0.395. The van der Waals surface area contributed by atoms with Crippen LogP contribution in [-0.2, 0) is 16.2 Å². The molecule has 1 aliphatic heterocycles. The highest BCUT2D eigenvalue weighted by molar-refractivity contribution is 7.89. The fourth-order valence-corrected chi connectivity index (χ4v) is 6.15. The molecule has 1 aliphatic carbocycles. The van der Waals surface area contributed by atoms with Gasteiger partial charge in [-0.15, -0.1) is 0 Å². The summed E-state index contributed by atoms with van der Waals surface area (Å²) in [5.41, 5.74) is 7.82. The van der Waals surface area contributed by atoms with E-state index in [2.05, 4.69) is 29.0 Å². The van der Waals surface area contributed by atoms with Crippen LogP contribution in [0, 0.1) is 5.82 Å². The number of aromatic nitrogens is 3. The summed E-state index contributed by atoms with van der Waals surface area (Å²) >= 11 is 0. The van der Waals surface area contributed by atoms with E-state index in [-0.39, 0.29) is 21.3 Å². The van der Waals surface area contributed by atoms with E-state index in [4.69, 9.17) is 24.3 Å². The van der Waals surface area contributed by atoms with E-state index in [0.29, 0.717) is 51.8 Å². The van der Waals surface area contributed by atoms with Crippen molar-refractivity contribution in [2.24, 2.45) is 15.1 Å². The monoisotopic (exact) mass is 482 g/mol. The van der Waals surface area contributed by atoms with Gasteiger partial charge in [-0.2, -0.15) is 0 Å². The van der Waals surface area contributed by atoms with Gasteiger partial charge >= 0.3 is 0 Å². The average Bonchev–Trinajstić information content (AvgIpc) is 3.50. The first-order valence-corrected chi connectivity index (χ1v) is 12.5. The maximum Gasteiger partial charge on any atom is 0.232 e. The summed E-state index contributed by atoms with van der Waals surface area (Å²) in [6, 6.07) is 7.02. The van der Waals surface area contributed by atoms with Gasteiger partial charge in [-0.05, 0) is 51.8 Å². The molecule has 0 spiro atoms. The van der Waals surface area contributed by atoms with Gasteiger partial charge in [0.25, 0.3) is 0 Å². The van der Waals surface area contributed by atoms with Crippen LogP contribution in [0.2, 0.25) is 0 Å². The Morgan fingerprint density at radius 1 is 1.15 bits per heavy atom. The summed E-state index contributed by atoms with van der Waals surface area (Å²) < 4.78 is 30.5. The van der Waals surface area contributed by atoms with E-state index in [1.165, 1.54) is 19.4 Å². The number of hydrogen-bond acceptors (Lipinski definition) is 8. The number of ether oxygens (including phenoxy) is 1. The number of benzene rings is 1. The number of amidine groups is 1. The number of rotatable bonds is 5. The molecule has 1 saturated carbocycles. The van der Waals surface area contributed by atoms with Crippen LogP contribution in [0.3, 0.4) is 0 Å². The molecule has 0 radical (unpaired) electrons. The molecule has 3 aromatic rings. The van der Waals surface area contributed by atoms with Gasteiger partial charge in [0.15, 0.2) is 5.76 Å². The second kappa shape index (κ2) is 8.26. The van der Waals surface area contributed by atoms with E-state index in [9.17, 15) is 0 Å². The Hall–Kier alpha value is -3.14. The minimum absolute atomic E-state index is 0.335. The molecule has 0 saturated heterocycles. The zero-order chi connectivity index (χ0) is 24.1. The normalized spacial score (nSPS) is 24.1. The maximum absolute atomic E-state index is 15.2. The van der Waals surface area contributed by atoms with Gasteiger partial charge in [-0.1, -0.05) is 15.8 Å². The first-order chi connectivity index (χ1) is 16.2. The van der Waals surface area contributed by atoms with E-state index < -0.39 is 5.54 Å². The minimum atomic E-state index is -0.828. The molecule has 1 aromatic carbocycles. The predicted molar refractivity (Wildman–Crippen MR) is 130 cm³/mol. The predicted octanol–water partition coefficient (Wildman–Crippen LogP) is 4.28. The smallest absolute Gasteiger partial charge is 0.232 e. The number of aliphatic imine (C=N–C) groups is 1. The maximum atomic E-state index is 15.2. The van der Waals surface area contributed by atoms with Crippen molar-refractivity contribution in [1.82, 2.24) is 15.1 Å². The number of hydrogen-bond donors (Lipinski definition) is 1. The summed E-state index contributed by atoms with van der Waals surface area (Å²) in [5, 5.41) is 4.11. The number of halogens is 1. The fourth-order valence-electron chi connectivity index (χ4n) is 3.84. The van der Waals surface area contributed by atoms with Crippen molar-refractivity contribution in [3.63, 3.8) is 0 Å². The van der Waals surface area contributed by atoms with Crippen LogP contribution in [0.5, 0.6) is 5.88 Å². The van der Waals surface area contributed by atoms with Crippen LogP contribution in [0.1, 0.15) is 39.2 Å². The summed E-state index contributed by atoms with van der Waals surface area (Å²) in [5.74, 6) is 1.69. The Labute approximate surface area is 199 Å². The molecule has 2 atom stereocenters. The van der Waals surface area contributed by atoms with Crippen LogP contribution in [0.4, 0.5) is 4.39 Å². The third-order valence-corrected chi connectivity index (χ3v) is 9.03. The Kier molecular flexibility index (Phi) is 5.50. The molecule has 5 rings (SSSR count). The zero-order valence-corrected chi connectivity index (χ0v) is 20.4. The summed E-state index contributed by atoms with van der Waals surface area (Å²) in [7, 11) is 1.16. The van der Waals surface area contributed by atoms with Crippen molar-refractivity contribution < 1.29 is 13.7 Å². The molecule has 2 aliphatic rings. The molecular weight excluding hydrogens is 455 g/mol. The molecule has 3 heterocycles. The second-order valence-electron chi connectivity index (χ2n) is 9.34. The molecule has 34 heavy (non-hydrogen) atoms. The summed E-state index contributed by atoms with van der Waals surface area (Å²) in [6.07, 6.45) is 5.30. The van der Waals surface area contributed by atoms with E-state index in [1.54, 1.807) is 24.4 Å². The standard InChI is InChI=1S/C24H27FN6O2S/c1-23(2)22(26)29-24(3,13-34(23)31-15-6-7-15)16-9-14(5-8-17(16)25)20-10-18(30-33-20)19-11-28-21(32-4)12-27-19/h5,8-12,15H,6-7,13H2,1-4H3,(H2,26,29)/t24-,34?/m0/s1. The molecular formula is C24H27FN6O2S. The second-order valence-corrected chi connectivity index (χ2v) is 11.6. The first kappa shape index (κ1) is 22.6. The van der Waals surface area contributed by atoms with Crippen LogP contribution >= 0.6 is 0 Å². The van der Waals surface area contributed by atoms with Crippen molar-refractivity contribution in [1.29, 1.82) is 0 Å². The van der Waals surface area contributed by atoms with E-state index in [0.717, 1.165) is 12.8 Å². The number of methoxy groups -OCH3 is 1. The van der Waals surface area contributed by atoms with Crippen molar-refractivity contribution in [3.8, 4) is 28.6 Å². The van der Waals surface area contributed by atoms with Crippen molar-refractivity contribution in [3.05, 3.63) is 48.0 Å². The Balaban J connectivity index is 1.51. The highest BCUT2D eigenvalue weighted by atomic mass is 32.2. The number of nitrogens with zero attached hydrogens (tertiary/aromatic N) is 5. The van der Waals surface area contributed by atoms with Crippen LogP contribution < -0.4 is 10.5 Å². The van der Waals surface area contributed by atoms with E-state index in [1.807, 2.05) is 6.92 Å². The Morgan fingerprint density at radius 3 is 2.62 bits per heavy atom. The van der Waals surface area contributed by atoms with Gasteiger partial charge < -0.3 is 15.0 Å². The Bertz CT molecular complexity index is 1300. The highest BCUT2D eigenvalue weighted by Crippen LogP contribution is 2.40. The SMILES string of the molecule is COc1cnc(-c2cc(-c3ccc(F)c([C@]4(C)C/S(=N/C5CC5)C(C)(C)C(N)=N4)c3)on2)cn1. The Morgan fingerprint density at radius 2 is 1.94 bits per heavy atom. The van der Waals surface area contributed by atoms with Gasteiger partial charge in [0.05, 0.1) is 35.8 Å². The minimum Gasteiger partial charge on any atom is -0.480 e. The highest BCUT2D eigenvalue weighted by Gasteiger charge is 2.43. The van der Waals surface area contributed by atoms with Gasteiger partial charge in [0, 0.05) is 22.9 Å². The lowest BCUT2D eigenvalue weighted by atomic mass is 9.91. The van der Waals surface area contributed by atoms with Crippen molar-refractivity contribution in [2.45, 2.75) is 49.9 Å². The molecule has 1 unspecified atom stereocenters. The molecule has 178 valence electrons. The molecule has 8 nitrogen and oxygen atoms in total. The molecule has 0 amide bonds. The molecule has 10 heteroatoms. The van der Waals surface area contributed by atoms with Crippen molar-refractivity contribution >= 4 is 16.5 Å². The number of nitrogens with two attached hydrogens (primary N) is 1. The summed E-state index contributed by atoms with van der Waals surface area (Å²) in [6.45, 7) is 6.08. The average molecular weight is 483 g/mol. The topological polar surface area (TPSA) is 112 Å². The zero-order valence-electron chi connectivity index (χ0n) is 19.6. The third kappa shape index (κ3) is 4.11. The van der Waals surface area contributed by atoms with Crippen LogP contribution in [-0.4, -0.2) is 44.6 Å². The van der Waals surface area contributed by atoms with Crippen molar-refractivity contribution in [2.75, 3.05) is 12.9 Å². The lowest BCUT2D eigenvalue weighted by Gasteiger charge is -2.40. The van der Waals surface area contributed by atoms with Crippen LogP contribution in [0.15, 0.2) is 50.5 Å². The van der Waals surface area contributed by atoms with Gasteiger partial charge in [0.1, 0.15) is 23.0 Å². The largest absolute Gasteiger partial charge is 0.480 e. The fraction of sp³-hybridized carbons (Fsp3) is 0.417. The quantitative estimate of drug-likeness (QED) is 0.581. The van der Waals surface area contributed by atoms with Gasteiger partial charge in [0.2, 0.25) is 5.88 Å². The molecule has 2 aromatic heterocycles. The van der Waals surface area contributed by atoms with Crippen LogP contribution in [0.25, 0.3) is 22.7 Å². The van der Waals surface area contributed by atoms with Gasteiger partial charge in [-0.3, -0.25) is 9.36 Å². The molecule has 2 N–H and O–H groups in total. The molecule has 1 fully saturated rings.